The van der Waals surface area contributed by atoms with Crippen LogP contribution in [0.15, 0.2) is 29.7 Å². The van der Waals surface area contributed by atoms with Crippen LogP contribution in [0.5, 0.6) is 0 Å². The summed E-state index contributed by atoms with van der Waals surface area (Å²) in [6.07, 6.45) is 5.04. The second-order valence-electron chi connectivity index (χ2n) is 3.78. The van der Waals surface area contributed by atoms with Crippen molar-refractivity contribution in [2.45, 2.75) is 48.0 Å². The smallest absolute Gasteiger partial charge is 0.0900 e. The molecule has 0 spiro atoms. The van der Waals surface area contributed by atoms with Crippen LogP contribution in [-0.2, 0) is 0 Å². The molecule has 0 unspecified atom stereocenters. The quantitative estimate of drug-likeness (QED) is 0.439. The van der Waals surface area contributed by atoms with Gasteiger partial charge in [-0.1, -0.05) is 40.2 Å². The number of aryl methyl sites for hydroxylation is 2. The first-order chi connectivity index (χ1) is 10.1. The highest BCUT2D eigenvalue weighted by Crippen LogP contribution is 2.24. The van der Waals surface area contributed by atoms with Gasteiger partial charge in [-0.25, -0.2) is 4.98 Å². The standard InChI is InChI=1S/C10H10N2S.C3H8.C2H6.CH3NO/c1-7-3-4-9(5-11-7)10-6-12-8(2)13-10;1-3-2;1-2;1-2-3/h3-6H,1-2H3;3H2,1-2H3;1-2H3;3H,1H2. The number of oxime groups is 1. The van der Waals surface area contributed by atoms with E-state index >= 15 is 0 Å². The number of thiazole rings is 1. The van der Waals surface area contributed by atoms with Crippen molar-refractivity contribution < 1.29 is 5.21 Å². The number of rotatable bonds is 1. The fourth-order valence-electron chi connectivity index (χ4n) is 1.11. The van der Waals surface area contributed by atoms with Gasteiger partial charge >= 0.3 is 0 Å². The summed E-state index contributed by atoms with van der Waals surface area (Å²) < 4.78 is 0. The predicted octanol–water partition coefficient (Wildman–Crippen LogP) is 5.34. The molecule has 0 saturated heterocycles. The molecule has 0 amide bonds. The second kappa shape index (κ2) is 14.7. The molecule has 118 valence electrons. The van der Waals surface area contributed by atoms with Crippen molar-refractivity contribution in [1.82, 2.24) is 9.97 Å². The van der Waals surface area contributed by atoms with Crippen LogP contribution in [-0.4, -0.2) is 21.9 Å². The molecule has 4 nitrogen and oxygen atoms in total. The molecule has 0 atom stereocenters. The van der Waals surface area contributed by atoms with E-state index in [4.69, 9.17) is 5.21 Å². The van der Waals surface area contributed by atoms with Gasteiger partial charge in [0.1, 0.15) is 0 Å². The molecule has 0 fully saturated rings. The number of pyridine rings is 1. The average molecular weight is 309 g/mol. The van der Waals surface area contributed by atoms with Crippen LogP contribution in [0.25, 0.3) is 10.4 Å². The van der Waals surface area contributed by atoms with E-state index < -0.39 is 0 Å². The molecule has 5 heteroatoms. The van der Waals surface area contributed by atoms with Gasteiger partial charge < -0.3 is 5.21 Å². The topological polar surface area (TPSA) is 58.4 Å². The van der Waals surface area contributed by atoms with Crippen LogP contribution >= 0.6 is 11.3 Å². The molecule has 2 rings (SSSR count). The lowest BCUT2D eigenvalue weighted by Crippen LogP contribution is -1.79. The maximum absolute atomic E-state index is 7.08. The maximum atomic E-state index is 7.08. The van der Waals surface area contributed by atoms with Crippen molar-refractivity contribution in [2.75, 3.05) is 0 Å². The highest BCUT2D eigenvalue weighted by molar-refractivity contribution is 7.15. The van der Waals surface area contributed by atoms with E-state index in [9.17, 15) is 0 Å². The third-order valence-electron chi connectivity index (χ3n) is 1.82. The highest BCUT2D eigenvalue weighted by atomic mass is 32.1. The largest absolute Gasteiger partial charge is 0.411 e. The van der Waals surface area contributed by atoms with Crippen molar-refractivity contribution in [3.63, 3.8) is 0 Å². The van der Waals surface area contributed by atoms with E-state index in [1.165, 1.54) is 11.3 Å². The normalized spacial score (nSPS) is 8.10. The fraction of sp³-hybridized carbons (Fsp3) is 0.438. The molecule has 0 bridgehead atoms. The lowest BCUT2D eigenvalue weighted by molar-refractivity contribution is 0.323. The molecule has 0 aliphatic carbocycles. The van der Waals surface area contributed by atoms with Gasteiger partial charge in [0.05, 0.1) is 9.88 Å². The van der Waals surface area contributed by atoms with Crippen LogP contribution in [0, 0.1) is 13.8 Å². The van der Waals surface area contributed by atoms with Crippen molar-refractivity contribution >= 4 is 18.1 Å². The molecule has 0 aliphatic heterocycles. The zero-order valence-corrected chi connectivity index (χ0v) is 14.7. The minimum atomic E-state index is 1.05. The Morgan fingerprint density at radius 3 is 2.00 bits per heavy atom. The van der Waals surface area contributed by atoms with Gasteiger partial charge in [-0.15, -0.1) is 16.5 Å². The van der Waals surface area contributed by atoms with E-state index in [1.54, 1.807) is 11.3 Å². The molecule has 0 saturated carbocycles. The SMILES string of the molecule is C=NO.CC.CCC.Cc1ccc(-c2cnc(C)s2)cn1. The van der Waals surface area contributed by atoms with Gasteiger partial charge in [0, 0.05) is 30.4 Å². The summed E-state index contributed by atoms with van der Waals surface area (Å²) in [5.74, 6) is 0. The third-order valence-corrected chi connectivity index (χ3v) is 2.78. The molecule has 0 radical (unpaired) electrons. The number of hydrogen-bond acceptors (Lipinski definition) is 5. The number of nitrogens with zero attached hydrogens (tertiary/aromatic N) is 3. The summed E-state index contributed by atoms with van der Waals surface area (Å²) in [6.45, 7) is 14.9. The summed E-state index contributed by atoms with van der Waals surface area (Å²) in [7, 11) is 0. The summed E-state index contributed by atoms with van der Waals surface area (Å²) in [4.78, 5) is 9.64. The maximum Gasteiger partial charge on any atom is 0.0900 e. The lowest BCUT2D eigenvalue weighted by Gasteiger charge is -1.95. The molecule has 2 aromatic rings. The lowest BCUT2D eigenvalue weighted by atomic mass is 10.2. The van der Waals surface area contributed by atoms with Crippen LogP contribution < -0.4 is 0 Å². The van der Waals surface area contributed by atoms with Gasteiger partial charge in [-0.3, -0.25) is 4.98 Å². The Morgan fingerprint density at radius 1 is 1.14 bits per heavy atom. The second-order valence-corrected chi connectivity index (χ2v) is 5.02. The molecule has 2 aromatic heterocycles. The van der Waals surface area contributed by atoms with E-state index in [0.29, 0.717) is 0 Å². The molecule has 0 aliphatic rings. The van der Waals surface area contributed by atoms with E-state index in [0.717, 1.165) is 16.3 Å². The Balaban J connectivity index is 0. The minimum absolute atomic E-state index is 1.05. The van der Waals surface area contributed by atoms with Gasteiger partial charge in [-0.05, 0) is 19.9 Å². The number of aromatic nitrogens is 2. The van der Waals surface area contributed by atoms with Crippen molar-refractivity contribution in [3.8, 4) is 10.4 Å². The Labute approximate surface area is 132 Å². The van der Waals surface area contributed by atoms with Gasteiger partial charge in [0.2, 0.25) is 0 Å². The van der Waals surface area contributed by atoms with E-state index in [2.05, 4.69) is 41.8 Å². The third kappa shape index (κ3) is 10.7. The van der Waals surface area contributed by atoms with Gasteiger partial charge in [0.25, 0.3) is 0 Å². The Hall–Kier alpha value is -1.75. The molecule has 0 aromatic carbocycles. The van der Waals surface area contributed by atoms with E-state index in [-0.39, 0.29) is 0 Å². The van der Waals surface area contributed by atoms with Crippen LogP contribution in [0.4, 0.5) is 0 Å². The summed E-state index contributed by atoms with van der Waals surface area (Å²) in [5, 5.41) is 10.4. The highest BCUT2D eigenvalue weighted by Gasteiger charge is 2.00. The zero-order valence-electron chi connectivity index (χ0n) is 13.9. The monoisotopic (exact) mass is 309 g/mol. The van der Waals surface area contributed by atoms with Crippen LogP contribution in [0.1, 0.15) is 44.8 Å². The van der Waals surface area contributed by atoms with Crippen molar-refractivity contribution in [2.24, 2.45) is 5.16 Å². The average Bonchev–Trinajstić information content (AvgIpc) is 2.90. The van der Waals surface area contributed by atoms with Crippen LogP contribution in [0.2, 0.25) is 0 Å². The van der Waals surface area contributed by atoms with Crippen LogP contribution in [0.3, 0.4) is 0 Å². The first-order valence-corrected chi connectivity index (χ1v) is 7.86. The predicted molar refractivity (Wildman–Crippen MR) is 93.5 cm³/mol. The summed E-state index contributed by atoms with van der Waals surface area (Å²) in [6, 6.07) is 4.10. The van der Waals surface area contributed by atoms with Gasteiger partial charge in [0.15, 0.2) is 0 Å². The zero-order chi connectivity index (χ0) is 16.7. The number of hydrogen-bond donors (Lipinski definition) is 1. The minimum Gasteiger partial charge on any atom is -0.411 e. The summed E-state index contributed by atoms with van der Waals surface area (Å²) >= 11 is 1.70. The first kappa shape index (κ1) is 21.5. The van der Waals surface area contributed by atoms with Crippen molar-refractivity contribution in [1.29, 1.82) is 0 Å². The Bertz CT molecular complexity index is 467. The Morgan fingerprint density at radius 2 is 1.67 bits per heavy atom. The Kier molecular flexibility index (Phi) is 15.0. The fourth-order valence-corrected chi connectivity index (χ4v) is 1.88. The summed E-state index contributed by atoms with van der Waals surface area (Å²) in [5.41, 5.74) is 2.20. The first-order valence-electron chi connectivity index (χ1n) is 7.04. The molecule has 21 heavy (non-hydrogen) atoms. The molecular weight excluding hydrogens is 282 g/mol. The van der Waals surface area contributed by atoms with E-state index in [1.807, 2.05) is 46.2 Å². The van der Waals surface area contributed by atoms with Crippen molar-refractivity contribution in [3.05, 3.63) is 35.2 Å². The molecule has 1 N–H and O–H groups in total. The van der Waals surface area contributed by atoms with Gasteiger partial charge in [-0.2, -0.15) is 0 Å². The molecular formula is C16H27N3OS. The molecule has 2 heterocycles.